The van der Waals surface area contributed by atoms with E-state index in [1.165, 1.54) is 6.92 Å². The van der Waals surface area contributed by atoms with Crippen LogP contribution in [-0.2, 0) is 20.7 Å². The van der Waals surface area contributed by atoms with Crippen molar-refractivity contribution in [1.82, 2.24) is 0 Å². The van der Waals surface area contributed by atoms with Crippen molar-refractivity contribution < 1.29 is 29.3 Å². The van der Waals surface area contributed by atoms with E-state index in [9.17, 15) is 24.6 Å². The molecule has 1 saturated carbocycles. The van der Waals surface area contributed by atoms with Gasteiger partial charge in [0.05, 0.1) is 10.6 Å². The number of carbonyl (C=O) groups is 3. The van der Waals surface area contributed by atoms with E-state index in [-0.39, 0.29) is 58.1 Å². The first-order valence-corrected chi connectivity index (χ1v) is 11.0. The summed E-state index contributed by atoms with van der Waals surface area (Å²) in [5.41, 5.74) is 0.854. The number of aldehydes is 1. The van der Waals surface area contributed by atoms with Crippen molar-refractivity contribution in [3.63, 3.8) is 0 Å². The van der Waals surface area contributed by atoms with Crippen LogP contribution in [-0.4, -0.2) is 34.4 Å². The highest BCUT2D eigenvalue weighted by molar-refractivity contribution is 6.33. The first-order valence-electron chi connectivity index (χ1n) is 10.6. The van der Waals surface area contributed by atoms with Gasteiger partial charge in [-0.15, -0.1) is 0 Å². The Labute approximate surface area is 193 Å². The molecule has 6 nitrogen and oxygen atoms in total. The lowest BCUT2D eigenvalue weighted by atomic mass is 9.60. The Bertz CT molecular complexity index is 993. The molecular weight excluding hydrogens is 432 g/mol. The molecule has 174 valence electrons. The van der Waals surface area contributed by atoms with Gasteiger partial charge in [0.2, 0.25) is 0 Å². The number of aromatic hydroxyl groups is 2. The van der Waals surface area contributed by atoms with Crippen LogP contribution in [0.25, 0.3) is 0 Å². The Balaban J connectivity index is 2.31. The molecule has 1 aliphatic rings. The number of Topliss-reactive ketones (excluding diaryl/α,β-unsaturated/α-hetero) is 1. The molecule has 7 heteroatoms. The van der Waals surface area contributed by atoms with E-state index in [2.05, 4.69) is 0 Å². The number of benzene rings is 1. The zero-order chi connectivity index (χ0) is 24.4. The molecule has 0 radical (unpaired) electrons. The second-order valence-electron chi connectivity index (χ2n) is 8.83. The number of ether oxygens (including phenoxy) is 1. The number of carbonyl (C=O) groups excluding carboxylic acids is 3. The first kappa shape index (κ1) is 25.7. The molecule has 1 aliphatic carbocycles. The SMILES string of the molecule is CC(=O)OC1CC(=O)C(C)C(C)(C=CC(C)=CCc2c(O)c(Cl)c(C)c(C=O)c2O)C1C. The van der Waals surface area contributed by atoms with E-state index in [4.69, 9.17) is 16.3 Å². The van der Waals surface area contributed by atoms with Gasteiger partial charge in [0.15, 0.2) is 6.29 Å². The minimum atomic E-state index is -0.521. The average Bonchev–Trinajstić information content (AvgIpc) is 2.73. The highest BCUT2D eigenvalue weighted by Gasteiger charge is 2.48. The van der Waals surface area contributed by atoms with Gasteiger partial charge < -0.3 is 14.9 Å². The van der Waals surface area contributed by atoms with Crippen molar-refractivity contribution in [2.24, 2.45) is 17.3 Å². The third kappa shape index (κ3) is 4.90. The molecule has 0 bridgehead atoms. The summed E-state index contributed by atoms with van der Waals surface area (Å²) in [6.45, 7) is 10.6. The van der Waals surface area contributed by atoms with Crippen LogP contribution in [0, 0.1) is 24.2 Å². The molecule has 2 N–H and O–H groups in total. The first-order chi connectivity index (χ1) is 14.8. The fraction of sp³-hybridized carbons (Fsp3) is 0.480. The fourth-order valence-electron chi connectivity index (χ4n) is 4.21. The Kier molecular flexibility index (Phi) is 7.94. The van der Waals surface area contributed by atoms with Gasteiger partial charge in [0, 0.05) is 36.2 Å². The number of rotatable bonds is 6. The van der Waals surface area contributed by atoms with Crippen LogP contribution in [0.3, 0.4) is 0 Å². The molecule has 1 fully saturated rings. The number of allylic oxidation sites excluding steroid dienone is 4. The molecule has 0 heterocycles. The maximum absolute atomic E-state index is 12.6. The quantitative estimate of drug-likeness (QED) is 0.346. The number of hydrogen-bond donors (Lipinski definition) is 2. The zero-order valence-electron chi connectivity index (χ0n) is 19.4. The van der Waals surface area contributed by atoms with Gasteiger partial charge in [-0.1, -0.05) is 56.2 Å². The van der Waals surface area contributed by atoms with Gasteiger partial charge in [-0.3, -0.25) is 14.4 Å². The minimum Gasteiger partial charge on any atom is -0.507 e. The third-order valence-electron chi connectivity index (χ3n) is 6.89. The molecular formula is C25H31ClO6. The highest BCUT2D eigenvalue weighted by atomic mass is 35.5. The van der Waals surface area contributed by atoms with E-state index in [0.29, 0.717) is 11.8 Å². The molecule has 4 atom stereocenters. The van der Waals surface area contributed by atoms with Crippen molar-refractivity contribution in [3.05, 3.63) is 45.5 Å². The fourth-order valence-corrected chi connectivity index (χ4v) is 4.42. The lowest BCUT2D eigenvalue weighted by molar-refractivity contribution is -0.159. The summed E-state index contributed by atoms with van der Waals surface area (Å²) in [6.07, 6.45) is 6.04. The molecule has 0 spiro atoms. The normalized spacial score (nSPS) is 26.4. The largest absolute Gasteiger partial charge is 0.507 e. The Morgan fingerprint density at radius 2 is 1.88 bits per heavy atom. The summed E-state index contributed by atoms with van der Waals surface area (Å²) in [5, 5.41) is 20.8. The predicted octanol–water partition coefficient (Wildman–Crippen LogP) is 5.10. The number of ketones is 1. The van der Waals surface area contributed by atoms with Gasteiger partial charge in [-0.05, 0) is 25.8 Å². The molecule has 1 aromatic rings. The van der Waals surface area contributed by atoms with E-state index in [1.807, 2.05) is 39.8 Å². The monoisotopic (exact) mass is 462 g/mol. The zero-order valence-corrected chi connectivity index (χ0v) is 20.1. The van der Waals surface area contributed by atoms with Crippen LogP contribution in [0.4, 0.5) is 0 Å². The van der Waals surface area contributed by atoms with Gasteiger partial charge in [-0.25, -0.2) is 0 Å². The van der Waals surface area contributed by atoms with Crippen LogP contribution in [0.2, 0.25) is 5.02 Å². The Hall–Kier alpha value is -2.60. The van der Waals surface area contributed by atoms with Crippen LogP contribution < -0.4 is 0 Å². The minimum absolute atomic E-state index is 0.0360. The number of esters is 1. The molecule has 0 amide bonds. The van der Waals surface area contributed by atoms with Crippen molar-refractivity contribution in [2.45, 2.75) is 60.5 Å². The summed E-state index contributed by atoms with van der Waals surface area (Å²) in [7, 11) is 0. The van der Waals surface area contributed by atoms with Crippen molar-refractivity contribution in [2.75, 3.05) is 0 Å². The second-order valence-corrected chi connectivity index (χ2v) is 9.20. The summed E-state index contributed by atoms with van der Waals surface area (Å²) >= 11 is 6.11. The predicted molar refractivity (Wildman–Crippen MR) is 123 cm³/mol. The second kappa shape index (κ2) is 9.90. The van der Waals surface area contributed by atoms with E-state index >= 15 is 0 Å². The number of phenols is 2. The summed E-state index contributed by atoms with van der Waals surface area (Å²) in [5.74, 6) is -1.21. The third-order valence-corrected chi connectivity index (χ3v) is 7.36. The molecule has 0 saturated heterocycles. The van der Waals surface area contributed by atoms with E-state index < -0.39 is 17.5 Å². The molecule has 0 aliphatic heterocycles. The van der Waals surface area contributed by atoms with E-state index in [0.717, 1.165) is 5.57 Å². The lowest BCUT2D eigenvalue weighted by Crippen LogP contribution is -2.48. The van der Waals surface area contributed by atoms with E-state index in [1.54, 1.807) is 13.0 Å². The van der Waals surface area contributed by atoms with Crippen molar-refractivity contribution in [1.29, 1.82) is 0 Å². The molecule has 1 aromatic carbocycles. The summed E-state index contributed by atoms with van der Waals surface area (Å²) < 4.78 is 5.39. The van der Waals surface area contributed by atoms with Crippen LogP contribution >= 0.6 is 11.6 Å². The standard InChI is InChI=1S/C25H31ClO6/c1-13(7-8-18-23(30)19(12-27)14(2)22(26)24(18)31)9-10-25(6)15(3)20(29)11-21(16(25)4)32-17(5)28/h7,9-10,12,15-16,21,30-31H,8,11H2,1-6H3. The van der Waals surface area contributed by atoms with Crippen LogP contribution in [0.1, 0.15) is 62.5 Å². The summed E-state index contributed by atoms with van der Waals surface area (Å²) in [6, 6.07) is 0. The summed E-state index contributed by atoms with van der Waals surface area (Å²) in [4.78, 5) is 35.3. The maximum Gasteiger partial charge on any atom is 0.302 e. The number of halogens is 1. The molecule has 4 unspecified atom stereocenters. The smallest absolute Gasteiger partial charge is 0.302 e. The van der Waals surface area contributed by atoms with Gasteiger partial charge in [0.1, 0.15) is 23.4 Å². The molecule has 2 rings (SSSR count). The molecule has 0 aromatic heterocycles. The highest BCUT2D eigenvalue weighted by Crippen LogP contribution is 2.46. The van der Waals surface area contributed by atoms with Gasteiger partial charge in [0.25, 0.3) is 0 Å². The van der Waals surface area contributed by atoms with Crippen LogP contribution in [0.5, 0.6) is 11.5 Å². The van der Waals surface area contributed by atoms with Gasteiger partial charge in [-0.2, -0.15) is 0 Å². The van der Waals surface area contributed by atoms with Crippen molar-refractivity contribution >= 4 is 29.6 Å². The lowest BCUT2D eigenvalue weighted by Gasteiger charge is -2.45. The van der Waals surface area contributed by atoms with Gasteiger partial charge >= 0.3 is 5.97 Å². The average molecular weight is 463 g/mol. The number of hydrogen-bond acceptors (Lipinski definition) is 6. The van der Waals surface area contributed by atoms with Crippen molar-refractivity contribution in [3.8, 4) is 11.5 Å². The maximum atomic E-state index is 12.6. The topological polar surface area (TPSA) is 101 Å². The Morgan fingerprint density at radius 3 is 2.44 bits per heavy atom. The molecule has 32 heavy (non-hydrogen) atoms. The Morgan fingerprint density at radius 1 is 1.25 bits per heavy atom. The number of phenolic OH excluding ortho intramolecular Hbond substituents is 2. The van der Waals surface area contributed by atoms with Crippen LogP contribution in [0.15, 0.2) is 23.8 Å².